The molecule has 0 bridgehead atoms. The molecule has 2 N–H and O–H groups in total. The summed E-state index contributed by atoms with van der Waals surface area (Å²) in [5, 5.41) is 5.57. The third-order valence-electron chi connectivity index (χ3n) is 2.93. The number of aryl methyl sites for hydroxylation is 1. The predicted octanol–water partition coefficient (Wildman–Crippen LogP) is 4.90. The number of hydrogen-bond acceptors (Lipinski definition) is 4. The summed E-state index contributed by atoms with van der Waals surface area (Å²) < 4.78 is 52.4. The van der Waals surface area contributed by atoms with Crippen molar-refractivity contribution in [2.45, 2.75) is 39.4 Å². The number of benzene rings is 1. The van der Waals surface area contributed by atoms with E-state index in [4.69, 9.17) is 0 Å². The number of hydrogen-bond donors (Lipinski definition) is 2. The number of nitrogens with zero attached hydrogens (tertiary/aromatic N) is 2. The molecule has 0 aliphatic heterocycles. The topological polar surface area (TPSA) is 49.8 Å². The quantitative estimate of drug-likeness (QED) is 0.779. The summed E-state index contributed by atoms with van der Waals surface area (Å²) in [6, 6.07) is 4.96. The van der Waals surface area contributed by atoms with Gasteiger partial charge in [0.1, 0.15) is 11.6 Å². The van der Waals surface area contributed by atoms with Gasteiger partial charge in [0.25, 0.3) is 0 Å². The van der Waals surface area contributed by atoms with E-state index in [-0.39, 0.29) is 11.8 Å². The molecule has 1 heterocycles. The van der Waals surface area contributed by atoms with Gasteiger partial charge < -0.3 is 10.6 Å². The number of aromatic nitrogens is 2. The second-order valence-corrected chi connectivity index (χ2v) is 6.42. The molecule has 0 aliphatic carbocycles. The van der Waals surface area contributed by atoms with E-state index >= 15 is 0 Å². The smallest absolute Gasteiger partial charge is 0.350 e. The van der Waals surface area contributed by atoms with E-state index in [0.29, 0.717) is 11.3 Å². The Kier molecular flexibility index (Phi) is 4.68. The molecule has 8 heteroatoms. The number of alkyl halides is 3. The van der Waals surface area contributed by atoms with Crippen LogP contribution in [0.4, 0.5) is 35.0 Å². The van der Waals surface area contributed by atoms with Crippen LogP contribution < -0.4 is 10.6 Å². The van der Waals surface area contributed by atoms with Crippen LogP contribution in [0.2, 0.25) is 0 Å². The Hall–Kier alpha value is -2.38. The summed E-state index contributed by atoms with van der Waals surface area (Å²) in [4.78, 5) is 7.57. The monoisotopic (exact) mass is 342 g/mol. The molecule has 1 aromatic carbocycles. The maximum Gasteiger partial charge on any atom is 0.433 e. The lowest BCUT2D eigenvalue weighted by atomic mass is 10.1. The van der Waals surface area contributed by atoms with Crippen LogP contribution in [0.3, 0.4) is 0 Å². The highest BCUT2D eigenvalue weighted by Gasteiger charge is 2.34. The Morgan fingerprint density at radius 2 is 1.67 bits per heavy atom. The lowest BCUT2D eigenvalue weighted by Gasteiger charge is -2.21. The fourth-order valence-electron chi connectivity index (χ4n) is 1.92. The van der Waals surface area contributed by atoms with Gasteiger partial charge in [0.05, 0.1) is 0 Å². The molecule has 0 saturated heterocycles. The van der Waals surface area contributed by atoms with Crippen molar-refractivity contribution in [3.05, 3.63) is 41.3 Å². The molecule has 0 radical (unpaired) electrons. The lowest BCUT2D eigenvalue weighted by Crippen LogP contribution is -2.28. The Balaban J connectivity index is 2.40. The van der Waals surface area contributed by atoms with Gasteiger partial charge in [0.15, 0.2) is 5.69 Å². The van der Waals surface area contributed by atoms with Crippen molar-refractivity contribution in [3.63, 3.8) is 0 Å². The zero-order valence-electron chi connectivity index (χ0n) is 13.7. The van der Waals surface area contributed by atoms with Crippen LogP contribution >= 0.6 is 0 Å². The molecule has 0 spiro atoms. The molecular weight excluding hydrogens is 324 g/mol. The van der Waals surface area contributed by atoms with Crippen LogP contribution in [0.15, 0.2) is 24.3 Å². The predicted molar refractivity (Wildman–Crippen MR) is 84.8 cm³/mol. The summed E-state index contributed by atoms with van der Waals surface area (Å²) in [7, 11) is 0. The maximum absolute atomic E-state index is 13.3. The van der Waals surface area contributed by atoms with E-state index in [9.17, 15) is 17.6 Å². The highest BCUT2D eigenvalue weighted by atomic mass is 19.4. The van der Waals surface area contributed by atoms with Gasteiger partial charge in [-0.2, -0.15) is 18.2 Å². The van der Waals surface area contributed by atoms with Gasteiger partial charge in [0, 0.05) is 17.3 Å². The Labute approximate surface area is 137 Å². The molecule has 1 aromatic heterocycles. The lowest BCUT2D eigenvalue weighted by molar-refractivity contribution is -0.141. The van der Waals surface area contributed by atoms with Crippen LogP contribution in [0.25, 0.3) is 0 Å². The first kappa shape index (κ1) is 18.0. The number of rotatable bonds is 3. The minimum atomic E-state index is -4.60. The van der Waals surface area contributed by atoms with Crippen LogP contribution in [0, 0.1) is 12.7 Å². The number of nitrogens with one attached hydrogen (secondary N) is 2. The fraction of sp³-hybridized carbons (Fsp3) is 0.375. The van der Waals surface area contributed by atoms with E-state index in [2.05, 4.69) is 20.6 Å². The van der Waals surface area contributed by atoms with Crippen molar-refractivity contribution in [1.29, 1.82) is 0 Å². The Morgan fingerprint density at radius 1 is 1.00 bits per heavy atom. The SMILES string of the molecule is Cc1cc(Nc2cc(C(F)(F)F)nc(NC(C)(C)C)n2)ccc1F. The largest absolute Gasteiger partial charge is 0.433 e. The van der Waals surface area contributed by atoms with E-state index < -0.39 is 23.2 Å². The van der Waals surface area contributed by atoms with Crippen molar-refractivity contribution in [2.24, 2.45) is 0 Å². The molecule has 0 amide bonds. The minimum Gasteiger partial charge on any atom is -0.350 e. The van der Waals surface area contributed by atoms with Crippen LogP contribution in [-0.2, 0) is 6.18 Å². The molecule has 0 aliphatic rings. The Bertz CT molecular complexity index is 736. The van der Waals surface area contributed by atoms with E-state index in [1.807, 2.05) is 0 Å². The van der Waals surface area contributed by atoms with Gasteiger partial charge in [-0.1, -0.05) is 0 Å². The van der Waals surface area contributed by atoms with Crippen molar-refractivity contribution in [3.8, 4) is 0 Å². The molecule has 0 unspecified atom stereocenters. The van der Waals surface area contributed by atoms with Gasteiger partial charge in [-0.05, 0) is 51.5 Å². The fourth-order valence-corrected chi connectivity index (χ4v) is 1.92. The van der Waals surface area contributed by atoms with Gasteiger partial charge in [-0.15, -0.1) is 0 Å². The maximum atomic E-state index is 13.3. The molecular formula is C16H18F4N4. The second kappa shape index (κ2) is 6.26. The summed E-state index contributed by atoms with van der Waals surface area (Å²) in [6.07, 6.45) is -4.60. The van der Waals surface area contributed by atoms with Crippen LogP contribution in [-0.4, -0.2) is 15.5 Å². The van der Waals surface area contributed by atoms with Crippen molar-refractivity contribution < 1.29 is 17.6 Å². The second-order valence-electron chi connectivity index (χ2n) is 6.42. The molecule has 0 saturated carbocycles. The van der Waals surface area contributed by atoms with Crippen molar-refractivity contribution >= 4 is 17.5 Å². The first-order valence-corrected chi connectivity index (χ1v) is 7.22. The van der Waals surface area contributed by atoms with E-state index in [0.717, 1.165) is 6.07 Å². The molecule has 24 heavy (non-hydrogen) atoms. The summed E-state index contributed by atoms with van der Waals surface area (Å²) >= 11 is 0. The van der Waals surface area contributed by atoms with Gasteiger partial charge in [-0.3, -0.25) is 0 Å². The third-order valence-corrected chi connectivity index (χ3v) is 2.93. The number of halogens is 4. The third kappa shape index (κ3) is 4.81. The van der Waals surface area contributed by atoms with Crippen LogP contribution in [0.1, 0.15) is 32.0 Å². The minimum absolute atomic E-state index is 0.0323. The van der Waals surface area contributed by atoms with E-state index in [1.165, 1.54) is 18.2 Å². The molecule has 0 fully saturated rings. The van der Waals surface area contributed by atoms with Gasteiger partial charge >= 0.3 is 6.18 Å². The normalized spacial score (nSPS) is 12.2. The molecule has 0 atom stereocenters. The van der Waals surface area contributed by atoms with Crippen molar-refractivity contribution in [1.82, 2.24) is 9.97 Å². The summed E-state index contributed by atoms with van der Waals surface area (Å²) in [5.41, 5.74) is -0.764. The summed E-state index contributed by atoms with van der Waals surface area (Å²) in [6.45, 7) is 6.92. The molecule has 4 nitrogen and oxygen atoms in total. The van der Waals surface area contributed by atoms with Crippen LogP contribution in [0.5, 0.6) is 0 Å². The highest BCUT2D eigenvalue weighted by Crippen LogP contribution is 2.31. The van der Waals surface area contributed by atoms with Gasteiger partial charge in [0.2, 0.25) is 5.95 Å². The average Bonchev–Trinajstić information content (AvgIpc) is 2.40. The average molecular weight is 342 g/mol. The van der Waals surface area contributed by atoms with Gasteiger partial charge in [-0.25, -0.2) is 9.37 Å². The number of anilines is 3. The molecule has 2 aromatic rings. The summed E-state index contributed by atoms with van der Waals surface area (Å²) in [5.74, 6) is -0.567. The first-order valence-electron chi connectivity index (χ1n) is 7.22. The Morgan fingerprint density at radius 3 is 2.21 bits per heavy atom. The molecule has 130 valence electrons. The highest BCUT2D eigenvalue weighted by molar-refractivity contribution is 5.58. The zero-order chi connectivity index (χ0) is 18.1. The standard InChI is InChI=1S/C16H18F4N4/c1-9-7-10(5-6-11(9)17)21-13-8-12(16(18,19)20)22-14(23-13)24-15(2,3)4/h5-8H,1-4H3,(H2,21,22,23,24). The first-order chi connectivity index (χ1) is 10.9. The molecule has 2 rings (SSSR count). The zero-order valence-corrected chi connectivity index (χ0v) is 13.7. The van der Waals surface area contributed by atoms with Crippen molar-refractivity contribution in [2.75, 3.05) is 10.6 Å². The van der Waals surface area contributed by atoms with E-state index in [1.54, 1.807) is 27.7 Å².